The van der Waals surface area contributed by atoms with E-state index >= 15 is 0 Å². The van der Waals surface area contributed by atoms with E-state index in [-0.39, 0.29) is 0 Å². The lowest BCUT2D eigenvalue weighted by molar-refractivity contribution is -0.136. The molecular formula is C5H7F3O4S. The van der Waals surface area contributed by atoms with Crippen molar-refractivity contribution in [2.45, 2.75) is 18.3 Å². The first-order valence-corrected chi connectivity index (χ1v) is 4.79. The average molecular weight is 220 g/mol. The fraction of sp³-hybridized carbons (Fsp3) is 0.800. The molecule has 0 amide bonds. The van der Waals surface area contributed by atoms with Crippen molar-refractivity contribution in [2.75, 3.05) is 5.75 Å². The van der Waals surface area contributed by atoms with Crippen LogP contribution in [0.4, 0.5) is 13.2 Å². The van der Waals surface area contributed by atoms with E-state index in [1.165, 1.54) is 0 Å². The van der Waals surface area contributed by atoms with Crippen LogP contribution < -0.4 is 0 Å². The summed E-state index contributed by atoms with van der Waals surface area (Å²) in [5.41, 5.74) is 0. The summed E-state index contributed by atoms with van der Waals surface area (Å²) in [7, 11) is -4.64. The maximum atomic E-state index is 11.6. The second kappa shape index (κ2) is 3.52. The summed E-state index contributed by atoms with van der Waals surface area (Å²) < 4.78 is 56.2. The minimum atomic E-state index is -4.90. The summed E-state index contributed by atoms with van der Waals surface area (Å²) >= 11 is 0. The number of halogens is 3. The molecule has 0 saturated carbocycles. The van der Waals surface area contributed by atoms with Crippen LogP contribution in [-0.2, 0) is 14.6 Å². The van der Waals surface area contributed by atoms with Crippen LogP contribution in [0.2, 0.25) is 0 Å². The number of hydrogen-bond acceptors (Lipinski definition) is 3. The Morgan fingerprint density at radius 1 is 1.46 bits per heavy atom. The van der Waals surface area contributed by atoms with E-state index in [4.69, 9.17) is 5.11 Å². The smallest absolute Gasteiger partial charge is 0.402 e. The minimum absolute atomic E-state index is 0.698. The van der Waals surface area contributed by atoms with Crippen LogP contribution in [0, 0.1) is 0 Å². The number of carboxylic acids is 1. The van der Waals surface area contributed by atoms with E-state index in [0.717, 1.165) is 0 Å². The maximum Gasteiger partial charge on any atom is 0.402 e. The molecular weight excluding hydrogens is 213 g/mol. The first-order chi connectivity index (χ1) is 5.56. The Kier molecular flexibility index (Phi) is 3.31. The molecule has 1 unspecified atom stereocenters. The molecule has 0 aromatic heterocycles. The third-order valence-electron chi connectivity index (χ3n) is 1.25. The number of hydrogen-bond donors (Lipinski definition) is 1. The molecule has 0 aromatic rings. The van der Waals surface area contributed by atoms with Gasteiger partial charge in [-0.05, 0) is 6.92 Å². The van der Waals surface area contributed by atoms with Crippen molar-refractivity contribution in [1.82, 2.24) is 0 Å². The molecule has 0 aliphatic heterocycles. The van der Waals surface area contributed by atoms with Crippen LogP contribution in [0.5, 0.6) is 0 Å². The van der Waals surface area contributed by atoms with Crippen molar-refractivity contribution in [3.63, 3.8) is 0 Å². The lowest BCUT2D eigenvalue weighted by Gasteiger charge is -2.10. The molecule has 0 aromatic carbocycles. The highest BCUT2D eigenvalue weighted by atomic mass is 32.2. The fourth-order valence-electron chi connectivity index (χ4n) is 0.507. The van der Waals surface area contributed by atoms with Crippen molar-refractivity contribution in [2.24, 2.45) is 0 Å². The average Bonchev–Trinajstić information content (AvgIpc) is 1.80. The van der Waals surface area contributed by atoms with Gasteiger partial charge in [-0.1, -0.05) is 0 Å². The third kappa shape index (κ3) is 4.11. The van der Waals surface area contributed by atoms with Gasteiger partial charge in [-0.3, -0.25) is 4.79 Å². The van der Waals surface area contributed by atoms with Crippen molar-refractivity contribution >= 4 is 15.8 Å². The SMILES string of the molecule is CC(C(=O)O)S(=O)(=O)CC(F)(F)F. The van der Waals surface area contributed by atoms with Crippen molar-refractivity contribution < 1.29 is 31.5 Å². The predicted octanol–water partition coefficient (Wildman–Crippen LogP) is 0.437. The Morgan fingerprint density at radius 3 is 2.08 bits per heavy atom. The quantitative estimate of drug-likeness (QED) is 0.748. The first-order valence-electron chi connectivity index (χ1n) is 3.07. The van der Waals surface area contributed by atoms with E-state index in [2.05, 4.69) is 0 Å². The molecule has 0 aliphatic rings. The number of rotatable bonds is 3. The third-order valence-corrected chi connectivity index (χ3v) is 3.26. The molecule has 0 saturated heterocycles. The minimum Gasteiger partial charge on any atom is -0.480 e. The first kappa shape index (κ1) is 12.2. The highest BCUT2D eigenvalue weighted by Gasteiger charge is 2.40. The number of carboxylic acid groups (broad SMARTS) is 1. The summed E-state index contributed by atoms with van der Waals surface area (Å²) in [6, 6.07) is 0. The zero-order valence-corrected chi connectivity index (χ0v) is 7.32. The second-order valence-corrected chi connectivity index (χ2v) is 4.72. The van der Waals surface area contributed by atoms with Gasteiger partial charge in [-0.2, -0.15) is 13.2 Å². The Morgan fingerprint density at radius 2 is 1.85 bits per heavy atom. The summed E-state index contributed by atoms with van der Waals surface area (Å²) in [4.78, 5) is 10.1. The Labute approximate surface area is 72.3 Å². The Bertz CT molecular complexity index is 291. The molecule has 0 fully saturated rings. The monoisotopic (exact) mass is 220 g/mol. The predicted molar refractivity (Wildman–Crippen MR) is 36.9 cm³/mol. The van der Waals surface area contributed by atoms with Gasteiger partial charge in [-0.15, -0.1) is 0 Å². The standard InChI is InChI=1S/C5H7F3O4S/c1-3(4(9)10)13(11,12)2-5(6,7)8/h3H,2H2,1H3,(H,9,10). The van der Waals surface area contributed by atoms with E-state index < -0.39 is 33.0 Å². The van der Waals surface area contributed by atoms with Crippen LogP contribution in [0.1, 0.15) is 6.92 Å². The molecule has 0 aliphatic carbocycles. The molecule has 1 atom stereocenters. The molecule has 0 spiro atoms. The topological polar surface area (TPSA) is 71.4 Å². The van der Waals surface area contributed by atoms with Crippen LogP contribution in [0.15, 0.2) is 0 Å². The molecule has 0 radical (unpaired) electrons. The van der Waals surface area contributed by atoms with Crippen molar-refractivity contribution in [3.05, 3.63) is 0 Å². The molecule has 1 N–H and O–H groups in total. The largest absolute Gasteiger partial charge is 0.480 e. The van der Waals surface area contributed by atoms with E-state index in [9.17, 15) is 26.4 Å². The normalized spacial score (nSPS) is 15.4. The van der Waals surface area contributed by atoms with Crippen LogP contribution in [0.3, 0.4) is 0 Å². The second-order valence-electron chi connectivity index (χ2n) is 2.40. The fourth-order valence-corrected chi connectivity index (χ4v) is 1.52. The van der Waals surface area contributed by atoms with Crippen LogP contribution >= 0.6 is 0 Å². The number of carbonyl (C=O) groups is 1. The van der Waals surface area contributed by atoms with Crippen molar-refractivity contribution in [1.29, 1.82) is 0 Å². The molecule has 0 rings (SSSR count). The number of aliphatic carboxylic acids is 1. The molecule has 0 heterocycles. The highest BCUT2D eigenvalue weighted by molar-refractivity contribution is 7.92. The number of sulfone groups is 1. The lowest BCUT2D eigenvalue weighted by atomic mass is 10.5. The Hall–Kier alpha value is -0.790. The summed E-state index contributed by atoms with van der Waals surface area (Å²) in [6.45, 7) is 0.698. The van der Waals surface area contributed by atoms with Crippen LogP contribution in [0.25, 0.3) is 0 Å². The van der Waals surface area contributed by atoms with Gasteiger partial charge in [-0.25, -0.2) is 8.42 Å². The van der Waals surface area contributed by atoms with Gasteiger partial charge in [0.15, 0.2) is 15.1 Å². The van der Waals surface area contributed by atoms with E-state index in [1.54, 1.807) is 0 Å². The van der Waals surface area contributed by atoms with E-state index in [0.29, 0.717) is 6.92 Å². The molecule has 4 nitrogen and oxygen atoms in total. The molecule has 78 valence electrons. The van der Waals surface area contributed by atoms with Crippen molar-refractivity contribution in [3.8, 4) is 0 Å². The lowest BCUT2D eigenvalue weighted by Crippen LogP contribution is -2.34. The van der Waals surface area contributed by atoms with E-state index in [1.807, 2.05) is 0 Å². The molecule has 8 heteroatoms. The molecule has 13 heavy (non-hydrogen) atoms. The zero-order valence-electron chi connectivity index (χ0n) is 6.50. The van der Waals surface area contributed by atoms with Crippen LogP contribution in [-0.4, -0.2) is 36.7 Å². The van der Waals surface area contributed by atoms with Gasteiger partial charge in [0.1, 0.15) is 5.75 Å². The number of alkyl halides is 3. The van der Waals surface area contributed by atoms with Gasteiger partial charge in [0.05, 0.1) is 0 Å². The van der Waals surface area contributed by atoms with Gasteiger partial charge in [0.2, 0.25) is 0 Å². The van der Waals surface area contributed by atoms with Gasteiger partial charge < -0.3 is 5.11 Å². The molecule has 0 bridgehead atoms. The summed E-state index contributed by atoms with van der Waals surface area (Å²) in [5.74, 6) is -3.89. The highest BCUT2D eigenvalue weighted by Crippen LogP contribution is 2.19. The van der Waals surface area contributed by atoms with Gasteiger partial charge >= 0.3 is 12.1 Å². The van der Waals surface area contributed by atoms with Gasteiger partial charge in [0.25, 0.3) is 0 Å². The zero-order chi connectivity index (χ0) is 10.9. The van der Waals surface area contributed by atoms with Gasteiger partial charge in [0, 0.05) is 0 Å². The summed E-state index contributed by atoms with van der Waals surface area (Å²) in [6.07, 6.45) is -4.90. The maximum absolute atomic E-state index is 11.6. The summed E-state index contributed by atoms with van der Waals surface area (Å²) in [5, 5.41) is 6.13. The Balaban J connectivity index is 4.71.